The van der Waals surface area contributed by atoms with E-state index in [1.54, 1.807) is 0 Å². The summed E-state index contributed by atoms with van der Waals surface area (Å²) in [6.07, 6.45) is 2.16. The fraction of sp³-hybridized carbons (Fsp3) is 0.222. The second-order valence-corrected chi connectivity index (χ2v) is 5.44. The standard InChI is InChI=1S/C18H19FN2/c1-13(14-7-9-16(19)10-8-14)20-11-15-12-21(2)18-6-4-3-5-17(15)18/h3-10,12-13,20H,11H2,1-2H3/t13-/m1/s1. The fourth-order valence-corrected chi connectivity index (χ4v) is 2.70. The topological polar surface area (TPSA) is 17.0 Å². The smallest absolute Gasteiger partial charge is 0.123 e. The molecule has 2 aromatic carbocycles. The van der Waals surface area contributed by atoms with Gasteiger partial charge in [0.2, 0.25) is 0 Å². The number of rotatable bonds is 4. The van der Waals surface area contributed by atoms with E-state index in [1.165, 1.54) is 28.6 Å². The molecule has 3 heteroatoms. The molecule has 0 aliphatic carbocycles. The van der Waals surface area contributed by atoms with Gasteiger partial charge >= 0.3 is 0 Å². The van der Waals surface area contributed by atoms with Crippen LogP contribution < -0.4 is 5.32 Å². The molecule has 0 saturated carbocycles. The Hall–Kier alpha value is -2.13. The molecular weight excluding hydrogens is 263 g/mol. The summed E-state index contributed by atoms with van der Waals surface area (Å²) in [7, 11) is 2.06. The van der Waals surface area contributed by atoms with Crippen molar-refractivity contribution in [3.05, 3.63) is 71.7 Å². The van der Waals surface area contributed by atoms with Crippen molar-refractivity contribution in [1.82, 2.24) is 9.88 Å². The summed E-state index contributed by atoms with van der Waals surface area (Å²) < 4.78 is 15.1. The van der Waals surface area contributed by atoms with E-state index < -0.39 is 0 Å². The number of halogens is 1. The molecule has 0 amide bonds. The molecule has 1 aromatic heterocycles. The molecule has 0 fully saturated rings. The average Bonchev–Trinajstić information content (AvgIpc) is 2.83. The van der Waals surface area contributed by atoms with E-state index in [4.69, 9.17) is 0 Å². The SMILES string of the molecule is C[C@@H](NCc1cn(C)c2ccccc12)c1ccc(F)cc1. The number of aryl methyl sites for hydroxylation is 1. The molecule has 0 aliphatic heterocycles. The van der Waals surface area contributed by atoms with Gasteiger partial charge in [0, 0.05) is 36.7 Å². The molecule has 0 unspecified atom stereocenters. The minimum Gasteiger partial charge on any atom is -0.350 e. The Morgan fingerprint density at radius 2 is 1.81 bits per heavy atom. The first-order chi connectivity index (χ1) is 10.1. The van der Waals surface area contributed by atoms with E-state index in [0.29, 0.717) is 0 Å². The largest absolute Gasteiger partial charge is 0.350 e. The number of aromatic nitrogens is 1. The first-order valence-electron chi connectivity index (χ1n) is 7.17. The predicted molar refractivity (Wildman–Crippen MR) is 84.6 cm³/mol. The van der Waals surface area contributed by atoms with Gasteiger partial charge in [0.05, 0.1) is 0 Å². The number of hydrogen-bond donors (Lipinski definition) is 1. The zero-order valence-corrected chi connectivity index (χ0v) is 12.3. The van der Waals surface area contributed by atoms with Crippen molar-refractivity contribution in [1.29, 1.82) is 0 Å². The van der Waals surface area contributed by atoms with Crippen LogP contribution in [0.1, 0.15) is 24.1 Å². The summed E-state index contributed by atoms with van der Waals surface area (Å²) in [5.41, 5.74) is 3.61. The maximum absolute atomic E-state index is 13.0. The molecule has 0 spiro atoms. The second kappa shape index (κ2) is 5.70. The van der Waals surface area contributed by atoms with Crippen LogP contribution in [0.3, 0.4) is 0 Å². The van der Waals surface area contributed by atoms with Gasteiger partial charge in [-0.25, -0.2) is 4.39 Å². The molecule has 1 atom stereocenters. The zero-order valence-electron chi connectivity index (χ0n) is 12.3. The number of benzene rings is 2. The predicted octanol–water partition coefficient (Wildman–Crippen LogP) is 4.17. The third kappa shape index (κ3) is 2.83. The van der Waals surface area contributed by atoms with Crippen molar-refractivity contribution < 1.29 is 4.39 Å². The van der Waals surface area contributed by atoms with Crippen molar-refractivity contribution in [2.75, 3.05) is 0 Å². The van der Waals surface area contributed by atoms with E-state index in [1.807, 2.05) is 12.1 Å². The lowest BCUT2D eigenvalue weighted by atomic mass is 10.1. The van der Waals surface area contributed by atoms with Gasteiger partial charge in [-0.05, 0) is 36.2 Å². The molecule has 108 valence electrons. The minimum atomic E-state index is -0.194. The summed E-state index contributed by atoms with van der Waals surface area (Å²) in [6, 6.07) is 15.3. The molecular formula is C18H19FN2. The summed E-state index contributed by atoms with van der Waals surface area (Å²) >= 11 is 0. The highest BCUT2D eigenvalue weighted by Gasteiger charge is 2.09. The van der Waals surface area contributed by atoms with E-state index in [0.717, 1.165) is 12.1 Å². The van der Waals surface area contributed by atoms with E-state index in [-0.39, 0.29) is 11.9 Å². The van der Waals surface area contributed by atoms with E-state index >= 15 is 0 Å². The van der Waals surface area contributed by atoms with Gasteiger partial charge in [0.1, 0.15) is 5.82 Å². The first-order valence-corrected chi connectivity index (χ1v) is 7.17. The van der Waals surface area contributed by atoms with Crippen LogP contribution in [-0.4, -0.2) is 4.57 Å². The molecule has 1 N–H and O–H groups in total. The first kappa shape index (κ1) is 13.8. The molecule has 2 nitrogen and oxygen atoms in total. The molecule has 3 rings (SSSR count). The van der Waals surface area contributed by atoms with Crippen molar-refractivity contribution in [2.24, 2.45) is 7.05 Å². The Bertz CT molecular complexity index is 744. The number of fused-ring (bicyclic) bond motifs is 1. The van der Waals surface area contributed by atoms with Gasteiger partial charge in [-0.15, -0.1) is 0 Å². The molecule has 0 bridgehead atoms. The maximum Gasteiger partial charge on any atom is 0.123 e. The normalized spacial score (nSPS) is 12.7. The minimum absolute atomic E-state index is 0.185. The fourth-order valence-electron chi connectivity index (χ4n) is 2.70. The van der Waals surface area contributed by atoms with Gasteiger partial charge in [-0.3, -0.25) is 0 Å². The monoisotopic (exact) mass is 282 g/mol. The van der Waals surface area contributed by atoms with Crippen LogP contribution in [0.4, 0.5) is 4.39 Å². The van der Waals surface area contributed by atoms with Crippen LogP contribution in [0.5, 0.6) is 0 Å². The van der Waals surface area contributed by atoms with Crippen LogP contribution in [0.25, 0.3) is 10.9 Å². The Morgan fingerprint density at radius 3 is 2.57 bits per heavy atom. The highest BCUT2D eigenvalue weighted by atomic mass is 19.1. The van der Waals surface area contributed by atoms with Gasteiger partial charge < -0.3 is 9.88 Å². The zero-order chi connectivity index (χ0) is 14.8. The van der Waals surface area contributed by atoms with E-state index in [9.17, 15) is 4.39 Å². The van der Waals surface area contributed by atoms with Gasteiger partial charge in [-0.1, -0.05) is 30.3 Å². The van der Waals surface area contributed by atoms with Gasteiger partial charge in [-0.2, -0.15) is 0 Å². The molecule has 0 saturated heterocycles. The Labute approximate surface area is 124 Å². The number of nitrogens with zero attached hydrogens (tertiary/aromatic N) is 1. The molecule has 21 heavy (non-hydrogen) atoms. The van der Waals surface area contributed by atoms with Crippen LogP contribution in [0.2, 0.25) is 0 Å². The van der Waals surface area contributed by atoms with Crippen molar-refractivity contribution in [3.63, 3.8) is 0 Å². The Kier molecular flexibility index (Phi) is 3.76. The highest BCUT2D eigenvalue weighted by Crippen LogP contribution is 2.21. The van der Waals surface area contributed by atoms with Gasteiger partial charge in [0.25, 0.3) is 0 Å². The number of nitrogens with one attached hydrogen (secondary N) is 1. The lowest BCUT2D eigenvalue weighted by molar-refractivity contribution is 0.572. The van der Waals surface area contributed by atoms with Crippen LogP contribution in [0, 0.1) is 5.82 Å². The van der Waals surface area contributed by atoms with Crippen LogP contribution >= 0.6 is 0 Å². The number of para-hydroxylation sites is 1. The van der Waals surface area contributed by atoms with Crippen molar-refractivity contribution >= 4 is 10.9 Å². The van der Waals surface area contributed by atoms with Crippen LogP contribution in [0.15, 0.2) is 54.7 Å². The average molecular weight is 282 g/mol. The third-order valence-corrected chi connectivity index (χ3v) is 3.95. The van der Waals surface area contributed by atoms with E-state index in [2.05, 4.69) is 54.3 Å². The lowest BCUT2D eigenvalue weighted by Crippen LogP contribution is -2.17. The third-order valence-electron chi connectivity index (χ3n) is 3.95. The van der Waals surface area contributed by atoms with Crippen molar-refractivity contribution in [2.45, 2.75) is 19.5 Å². The summed E-state index contributed by atoms with van der Waals surface area (Å²) in [5, 5.41) is 4.78. The molecule has 0 radical (unpaired) electrons. The Balaban J connectivity index is 1.76. The maximum atomic E-state index is 13.0. The molecule has 3 aromatic rings. The molecule has 1 heterocycles. The second-order valence-electron chi connectivity index (χ2n) is 5.44. The van der Waals surface area contributed by atoms with Crippen molar-refractivity contribution in [3.8, 4) is 0 Å². The Morgan fingerprint density at radius 1 is 1.10 bits per heavy atom. The van der Waals surface area contributed by atoms with Crippen LogP contribution in [-0.2, 0) is 13.6 Å². The highest BCUT2D eigenvalue weighted by molar-refractivity contribution is 5.83. The summed E-state index contributed by atoms with van der Waals surface area (Å²) in [4.78, 5) is 0. The lowest BCUT2D eigenvalue weighted by Gasteiger charge is -2.14. The molecule has 0 aliphatic rings. The van der Waals surface area contributed by atoms with Gasteiger partial charge in [0.15, 0.2) is 0 Å². The number of hydrogen-bond acceptors (Lipinski definition) is 1. The summed E-state index contributed by atoms with van der Waals surface area (Å²) in [5.74, 6) is -0.194. The summed E-state index contributed by atoms with van der Waals surface area (Å²) in [6.45, 7) is 2.89. The quantitative estimate of drug-likeness (QED) is 0.760.